The molecule has 1 fully saturated rings. The third kappa shape index (κ3) is 8.35. The molecule has 2 heterocycles. The number of rotatable bonds is 10. The van der Waals surface area contributed by atoms with E-state index in [0.29, 0.717) is 52.6 Å². The molecule has 1 N–H and O–H groups in total. The van der Waals surface area contributed by atoms with Crippen LogP contribution in [0.25, 0.3) is 22.0 Å². The minimum absolute atomic E-state index is 0.00327. The Labute approximate surface area is 316 Å². The zero-order chi connectivity index (χ0) is 36.0. The minimum Gasteiger partial charge on any atom is -0.339 e. The molecular weight excluding hydrogens is 713 g/mol. The number of thiazole rings is 1. The second kappa shape index (κ2) is 16.1. The lowest BCUT2D eigenvalue weighted by Crippen LogP contribution is -2.53. The Bertz CT molecular complexity index is 2190. The van der Waals surface area contributed by atoms with Gasteiger partial charge in [0, 0.05) is 52.7 Å². The number of benzene rings is 5. The summed E-state index contributed by atoms with van der Waals surface area (Å²) in [5, 5.41) is 8.24. The molecule has 0 aliphatic carbocycles. The van der Waals surface area contributed by atoms with E-state index < -0.39 is 11.8 Å². The van der Waals surface area contributed by atoms with Crippen molar-refractivity contribution < 1.29 is 14.4 Å². The lowest BCUT2D eigenvalue weighted by Gasteiger charge is -2.40. The van der Waals surface area contributed by atoms with E-state index in [0.717, 1.165) is 27.5 Å². The number of fused-ring (bicyclic) bond motifs is 1. The molecule has 5 aromatic carbocycles. The number of carbonyl (C=O) groups is 3. The number of nitrogens with zero attached hydrogens (tertiary/aromatic N) is 4. The number of hydrogen-bond donors (Lipinski definition) is 1. The number of hydrogen-bond acceptors (Lipinski definition) is 6. The molecule has 6 aromatic rings. The van der Waals surface area contributed by atoms with Gasteiger partial charge in [-0.3, -0.25) is 19.3 Å². The number of carbonyl (C=O) groups excluding carboxylic acids is 3. The van der Waals surface area contributed by atoms with Crippen LogP contribution in [-0.4, -0.2) is 76.7 Å². The predicted molar refractivity (Wildman–Crippen MR) is 209 cm³/mol. The van der Waals surface area contributed by atoms with E-state index in [9.17, 15) is 14.4 Å². The summed E-state index contributed by atoms with van der Waals surface area (Å²) in [6.07, 6.45) is 0. The highest BCUT2D eigenvalue weighted by Crippen LogP contribution is 2.31. The fraction of sp³-hybridized carbons (Fsp3) is 0.171. The molecule has 7 rings (SSSR count). The number of nitrogens with one attached hydrogen (secondary N) is 1. The largest absolute Gasteiger partial charge is 0.339 e. The van der Waals surface area contributed by atoms with Gasteiger partial charge in [-0.05, 0) is 58.3 Å². The molecule has 1 aliphatic rings. The topological polar surface area (TPSA) is 85.9 Å². The van der Waals surface area contributed by atoms with E-state index >= 15 is 0 Å². The molecule has 1 saturated heterocycles. The second-order valence-electron chi connectivity index (χ2n) is 12.6. The van der Waals surface area contributed by atoms with Crippen LogP contribution < -0.4 is 5.32 Å². The normalized spacial score (nSPS) is 13.8. The standard InChI is InChI=1S/C41H35Cl2N5O3S/c42-34-16-12-29(13-17-34)36-27-52-41(44-36)45-37(49)25-48(40(51)33-11-10-28-6-4-5-9-32(28)24-33)26-38(50)46-20-22-47(23-21-46)39(30-7-2-1-3-8-30)31-14-18-35(43)19-15-31/h1-19,24,27,39H,20-23,25-26H2,(H,44,45,49). The van der Waals surface area contributed by atoms with E-state index in [1.165, 1.54) is 16.2 Å². The summed E-state index contributed by atoms with van der Waals surface area (Å²) in [6.45, 7) is 1.66. The molecule has 0 spiro atoms. The van der Waals surface area contributed by atoms with Crippen molar-refractivity contribution in [3.63, 3.8) is 0 Å². The quantitative estimate of drug-likeness (QED) is 0.153. The maximum Gasteiger partial charge on any atom is 0.254 e. The first-order valence-electron chi connectivity index (χ1n) is 16.9. The summed E-state index contributed by atoms with van der Waals surface area (Å²) in [5.41, 5.74) is 4.23. The second-order valence-corrected chi connectivity index (χ2v) is 14.3. The number of piperazine rings is 1. The molecule has 3 amide bonds. The van der Waals surface area contributed by atoms with E-state index in [1.54, 1.807) is 29.2 Å². The van der Waals surface area contributed by atoms with Crippen LogP contribution in [0.2, 0.25) is 10.0 Å². The summed E-state index contributed by atoms with van der Waals surface area (Å²) in [7, 11) is 0. The maximum atomic E-state index is 14.0. The Morgan fingerprint density at radius 2 is 1.37 bits per heavy atom. The molecule has 262 valence electrons. The van der Waals surface area contributed by atoms with Gasteiger partial charge in [0.25, 0.3) is 5.91 Å². The molecule has 1 atom stereocenters. The lowest BCUT2D eigenvalue weighted by atomic mass is 9.96. The summed E-state index contributed by atoms with van der Waals surface area (Å²) >= 11 is 13.5. The Morgan fingerprint density at radius 1 is 0.731 bits per heavy atom. The molecule has 11 heteroatoms. The van der Waals surface area contributed by atoms with Gasteiger partial charge in [0.05, 0.1) is 11.7 Å². The van der Waals surface area contributed by atoms with Gasteiger partial charge in [-0.2, -0.15) is 0 Å². The number of halogens is 2. The Kier molecular flexibility index (Phi) is 10.9. The van der Waals surface area contributed by atoms with Crippen molar-refractivity contribution in [1.82, 2.24) is 19.7 Å². The van der Waals surface area contributed by atoms with Crippen molar-refractivity contribution in [2.24, 2.45) is 0 Å². The number of anilines is 1. The molecule has 1 aromatic heterocycles. The van der Waals surface area contributed by atoms with E-state index in [-0.39, 0.29) is 25.0 Å². The molecule has 0 radical (unpaired) electrons. The van der Waals surface area contributed by atoms with Gasteiger partial charge in [-0.25, -0.2) is 4.98 Å². The van der Waals surface area contributed by atoms with Gasteiger partial charge in [0.2, 0.25) is 11.8 Å². The highest BCUT2D eigenvalue weighted by atomic mass is 35.5. The highest BCUT2D eigenvalue weighted by Gasteiger charge is 2.30. The van der Waals surface area contributed by atoms with E-state index in [1.807, 2.05) is 90.3 Å². The van der Waals surface area contributed by atoms with Gasteiger partial charge in [0.1, 0.15) is 13.1 Å². The van der Waals surface area contributed by atoms with Crippen molar-refractivity contribution in [2.75, 3.05) is 44.6 Å². The molecule has 0 bridgehead atoms. The molecule has 0 saturated carbocycles. The molecule has 1 unspecified atom stereocenters. The minimum atomic E-state index is -0.447. The Morgan fingerprint density at radius 3 is 2.08 bits per heavy atom. The average molecular weight is 749 g/mol. The van der Waals surface area contributed by atoms with Crippen LogP contribution in [0.1, 0.15) is 27.5 Å². The van der Waals surface area contributed by atoms with Crippen molar-refractivity contribution >= 4 is 68.2 Å². The van der Waals surface area contributed by atoms with E-state index in [2.05, 4.69) is 27.3 Å². The van der Waals surface area contributed by atoms with Gasteiger partial charge in [-0.15, -0.1) is 11.3 Å². The van der Waals surface area contributed by atoms with Crippen LogP contribution in [0.5, 0.6) is 0 Å². The van der Waals surface area contributed by atoms with Crippen molar-refractivity contribution in [1.29, 1.82) is 0 Å². The van der Waals surface area contributed by atoms with Gasteiger partial charge in [0.15, 0.2) is 5.13 Å². The summed E-state index contributed by atoms with van der Waals surface area (Å²) < 4.78 is 0. The third-order valence-electron chi connectivity index (χ3n) is 9.17. The van der Waals surface area contributed by atoms with Crippen molar-refractivity contribution in [3.05, 3.63) is 153 Å². The molecular formula is C41H35Cl2N5O3S. The van der Waals surface area contributed by atoms with Crippen molar-refractivity contribution in [3.8, 4) is 11.3 Å². The zero-order valence-electron chi connectivity index (χ0n) is 28.1. The first-order valence-corrected chi connectivity index (χ1v) is 18.6. The maximum absolute atomic E-state index is 14.0. The molecule has 1 aliphatic heterocycles. The van der Waals surface area contributed by atoms with Crippen LogP contribution >= 0.6 is 34.5 Å². The Balaban J connectivity index is 1.06. The van der Waals surface area contributed by atoms with Gasteiger partial charge < -0.3 is 15.1 Å². The first-order chi connectivity index (χ1) is 25.3. The fourth-order valence-electron chi connectivity index (χ4n) is 6.51. The highest BCUT2D eigenvalue weighted by molar-refractivity contribution is 7.14. The van der Waals surface area contributed by atoms with Crippen LogP contribution in [0.4, 0.5) is 5.13 Å². The summed E-state index contributed by atoms with van der Waals surface area (Å²) in [5.74, 6) is -1.07. The molecule has 52 heavy (non-hydrogen) atoms. The third-order valence-corrected chi connectivity index (χ3v) is 10.4. The smallest absolute Gasteiger partial charge is 0.254 e. The lowest BCUT2D eigenvalue weighted by molar-refractivity contribution is -0.134. The van der Waals surface area contributed by atoms with Crippen LogP contribution in [0.15, 0.2) is 127 Å². The van der Waals surface area contributed by atoms with Crippen LogP contribution in [0.3, 0.4) is 0 Å². The SMILES string of the molecule is O=C(CN(CC(=O)N1CCN(C(c2ccccc2)c2ccc(Cl)cc2)CC1)C(=O)c1ccc2ccccc2c1)Nc1nc(-c2ccc(Cl)cc2)cs1. The van der Waals surface area contributed by atoms with Crippen LogP contribution in [-0.2, 0) is 9.59 Å². The fourth-order valence-corrected chi connectivity index (χ4v) is 7.50. The number of amides is 3. The summed E-state index contributed by atoms with van der Waals surface area (Å²) in [6, 6.07) is 38.6. The zero-order valence-corrected chi connectivity index (χ0v) is 30.5. The predicted octanol–water partition coefficient (Wildman–Crippen LogP) is 8.28. The monoisotopic (exact) mass is 747 g/mol. The van der Waals surface area contributed by atoms with Gasteiger partial charge >= 0.3 is 0 Å². The van der Waals surface area contributed by atoms with E-state index in [4.69, 9.17) is 23.2 Å². The molecule has 8 nitrogen and oxygen atoms in total. The number of aromatic nitrogens is 1. The van der Waals surface area contributed by atoms with Gasteiger partial charge in [-0.1, -0.05) is 108 Å². The summed E-state index contributed by atoms with van der Waals surface area (Å²) in [4.78, 5) is 51.3. The Hall–Kier alpha value is -5.06. The average Bonchev–Trinajstić information content (AvgIpc) is 3.64. The van der Waals surface area contributed by atoms with Crippen LogP contribution in [0, 0.1) is 0 Å². The first kappa shape index (κ1) is 35.3. The van der Waals surface area contributed by atoms with Crippen molar-refractivity contribution in [2.45, 2.75) is 6.04 Å².